The fourth-order valence-electron chi connectivity index (χ4n) is 1.50. The van der Waals surface area contributed by atoms with Crippen LogP contribution >= 0.6 is 31.5 Å². The molecule has 0 fully saturated rings. The van der Waals surface area contributed by atoms with Crippen molar-refractivity contribution >= 4 is 31.5 Å². The molecule has 152 valence electrons. The third-order valence-corrected chi connectivity index (χ3v) is 7.05. The van der Waals surface area contributed by atoms with E-state index in [9.17, 15) is 0 Å². The molecule has 2 atom stereocenters. The SMILES string of the molecule is C=CC.C=CCCC(C#N)C(C)CCCC.CCCl.CSS(C)(C)C. The summed E-state index contributed by atoms with van der Waals surface area (Å²) in [5.74, 6) is 1.49. The van der Waals surface area contributed by atoms with E-state index in [0.717, 1.165) is 18.7 Å². The van der Waals surface area contributed by atoms with E-state index in [-0.39, 0.29) is 15.0 Å². The summed E-state index contributed by atoms with van der Waals surface area (Å²) in [7, 11) is 1.72. The fraction of sp³-hybridized carbons (Fsp3) is 0.762. The number of allylic oxidation sites excluding steroid dienone is 2. The van der Waals surface area contributed by atoms with Crippen LogP contribution in [0, 0.1) is 23.2 Å². The van der Waals surface area contributed by atoms with Crippen LogP contribution in [0.5, 0.6) is 0 Å². The van der Waals surface area contributed by atoms with Gasteiger partial charge in [-0.25, -0.2) is 9.06 Å². The topological polar surface area (TPSA) is 23.8 Å². The van der Waals surface area contributed by atoms with E-state index in [4.69, 9.17) is 16.9 Å². The number of alkyl halides is 1. The minimum Gasteiger partial charge on any atom is -0.202 e. The van der Waals surface area contributed by atoms with Crippen molar-refractivity contribution in [2.75, 3.05) is 30.9 Å². The number of nitrogens with zero attached hydrogens (tertiary/aromatic N) is 1. The molecule has 0 aliphatic carbocycles. The Bertz CT molecular complexity index is 306. The number of halogens is 1. The molecule has 2 unspecified atom stereocenters. The van der Waals surface area contributed by atoms with Gasteiger partial charge in [-0.1, -0.05) is 45.8 Å². The summed E-state index contributed by atoms with van der Waals surface area (Å²) in [6, 6.07) is 2.40. The first-order valence-corrected chi connectivity index (χ1v) is 14.2. The van der Waals surface area contributed by atoms with Crippen molar-refractivity contribution in [1.82, 2.24) is 0 Å². The molecule has 0 spiro atoms. The lowest BCUT2D eigenvalue weighted by atomic mass is 9.87. The average Bonchev–Trinajstić information content (AvgIpc) is 2.55. The molecule has 0 aliphatic rings. The first-order chi connectivity index (χ1) is 11.6. The van der Waals surface area contributed by atoms with Gasteiger partial charge in [-0.3, -0.25) is 0 Å². The number of hydrogen-bond donors (Lipinski definition) is 0. The Kier molecular flexibility index (Phi) is 34.2. The van der Waals surface area contributed by atoms with Gasteiger partial charge in [-0.15, -0.1) is 35.6 Å². The molecule has 0 aliphatic heterocycles. The zero-order chi connectivity index (χ0) is 20.7. The molecule has 0 aromatic heterocycles. The van der Waals surface area contributed by atoms with Gasteiger partial charge in [0.25, 0.3) is 0 Å². The van der Waals surface area contributed by atoms with Gasteiger partial charge in [-0.05, 0) is 57.1 Å². The highest BCUT2D eigenvalue weighted by atomic mass is 35.5. The first-order valence-electron chi connectivity index (χ1n) is 9.02. The molecule has 0 rings (SSSR count). The second kappa shape index (κ2) is 26.2. The minimum absolute atomic E-state index is 0.226. The molecule has 0 aromatic rings. The molecule has 0 heterocycles. The van der Waals surface area contributed by atoms with Crippen LogP contribution in [-0.2, 0) is 0 Å². The second-order valence-corrected chi connectivity index (χ2v) is 14.6. The fourth-order valence-corrected chi connectivity index (χ4v) is 1.50. The van der Waals surface area contributed by atoms with Crippen molar-refractivity contribution in [2.24, 2.45) is 11.8 Å². The Labute approximate surface area is 170 Å². The number of nitriles is 1. The summed E-state index contributed by atoms with van der Waals surface area (Å²) in [5.41, 5.74) is 0. The average molecular weight is 410 g/mol. The van der Waals surface area contributed by atoms with Crippen molar-refractivity contribution in [1.29, 1.82) is 5.26 Å². The maximum absolute atomic E-state index is 8.94. The van der Waals surface area contributed by atoms with E-state index >= 15 is 0 Å². The van der Waals surface area contributed by atoms with Crippen molar-refractivity contribution in [3.63, 3.8) is 0 Å². The standard InChI is InChI=1S/C12H21N.C4H12S2.C3H6.C2H5Cl/c1-4-6-8-11(3)12(10-13)9-7-5-2;1-5-6(2,3)4;1-3-2;1-2-3/h5,11-12H,2,4,6-9H2,1,3H3;1-4H3;3H,1H2,2H3;2H2,1H3. The highest BCUT2D eigenvalue weighted by molar-refractivity contribution is 8.93. The largest absolute Gasteiger partial charge is 0.202 e. The van der Waals surface area contributed by atoms with Crippen LogP contribution in [0.25, 0.3) is 0 Å². The molecule has 4 heteroatoms. The van der Waals surface area contributed by atoms with Gasteiger partial charge in [0.2, 0.25) is 0 Å². The molecule has 0 amide bonds. The van der Waals surface area contributed by atoms with E-state index in [2.05, 4.69) is 58.1 Å². The molecule has 0 saturated carbocycles. The predicted octanol–water partition coefficient (Wildman–Crippen LogP) is 8.31. The maximum atomic E-state index is 8.94. The van der Waals surface area contributed by atoms with Gasteiger partial charge in [0.05, 0.1) is 6.07 Å². The Morgan fingerprint density at radius 1 is 1.20 bits per heavy atom. The van der Waals surface area contributed by atoms with E-state index in [1.807, 2.05) is 30.7 Å². The van der Waals surface area contributed by atoms with E-state index in [1.54, 1.807) is 6.08 Å². The lowest BCUT2D eigenvalue weighted by molar-refractivity contribution is 0.380. The highest BCUT2D eigenvalue weighted by Gasteiger charge is 2.14. The third kappa shape index (κ3) is 40.2. The summed E-state index contributed by atoms with van der Waals surface area (Å²) in [6.45, 7) is 15.2. The first kappa shape index (κ1) is 32.6. The monoisotopic (exact) mass is 409 g/mol. The molecule has 0 bridgehead atoms. The Morgan fingerprint density at radius 3 is 1.84 bits per heavy atom. The zero-order valence-electron chi connectivity index (χ0n) is 18.1. The zero-order valence-corrected chi connectivity index (χ0v) is 20.5. The predicted molar refractivity (Wildman–Crippen MR) is 128 cm³/mol. The van der Waals surface area contributed by atoms with Crippen LogP contribution in [0.2, 0.25) is 0 Å². The van der Waals surface area contributed by atoms with Gasteiger partial charge in [0.15, 0.2) is 0 Å². The molecular weight excluding hydrogens is 366 g/mol. The summed E-state index contributed by atoms with van der Waals surface area (Å²) in [5, 5.41) is 8.94. The molecule has 0 saturated heterocycles. The van der Waals surface area contributed by atoms with Crippen LogP contribution in [0.4, 0.5) is 0 Å². The number of rotatable bonds is 8. The van der Waals surface area contributed by atoms with Crippen molar-refractivity contribution in [2.45, 2.75) is 59.8 Å². The molecular formula is C21H44ClNS2. The minimum atomic E-state index is -0.245. The Morgan fingerprint density at radius 2 is 1.60 bits per heavy atom. The quantitative estimate of drug-likeness (QED) is 0.228. The van der Waals surface area contributed by atoms with Crippen molar-refractivity contribution in [3.05, 3.63) is 25.3 Å². The van der Waals surface area contributed by atoms with Crippen molar-refractivity contribution < 1.29 is 0 Å². The van der Waals surface area contributed by atoms with E-state index < -0.39 is 0 Å². The maximum Gasteiger partial charge on any atom is 0.0658 e. The third-order valence-electron chi connectivity index (χ3n) is 3.05. The normalized spacial score (nSPS) is 12.3. The van der Waals surface area contributed by atoms with Crippen LogP contribution < -0.4 is 0 Å². The van der Waals surface area contributed by atoms with Gasteiger partial charge < -0.3 is 0 Å². The lowest BCUT2D eigenvalue weighted by Gasteiger charge is -2.20. The van der Waals surface area contributed by atoms with Gasteiger partial charge in [0.1, 0.15) is 0 Å². The molecule has 0 aromatic carbocycles. The van der Waals surface area contributed by atoms with Crippen molar-refractivity contribution in [3.8, 4) is 6.07 Å². The number of unbranched alkanes of at least 4 members (excludes halogenated alkanes) is 1. The highest BCUT2D eigenvalue weighted by Crippen LogP contribution is 2.47. The van der Waals surface area contributed by atoms with Gasteiger partial charge in [-0.2, -0.15) is 5.26 Å². The summed E-state index contributed by atoms with van der Waals surface area (Å²) in [4.78, 5) is 0. The summed E-state index contributed by atoms with van der Waals surface area (Å²) >= 11 is 5.00. The smallest absolute Gasteiger partial charge is 0.0658 e. The summed E-state index contributed by atoms with van der Waals surface area (Å²) < 4.78 is 0. The molecule has 0 radical (unpaired) electrons. The summed E-state index contributed by atoms with van der Waals surface area (Å²) in [6.07, 6.45) is 18.3. The molecule has 0 N–H and O–H groups in total. The van der Waals surface area contributed by atoms with E-state index in [1.165, 1.54) is 19.3 Å². The van der Waals surface area contributed by atoms with Crippen LogP contribution in [-0.4, -0.2) is 30.9 Å². The van der Waals surface area contributed by atoms with Gasteiger partial charge in [0, 0.05) is 11.8 Å². The van der Waals surface area contributed by atoms with Gasteiger partial charge >= 0.3 is 0 Å². The van der Waals surface area contributed by atoms with Crippen LogP contribution in [0.1, 0.15) is 59.8 Å². The number of hydrogen-bond acceptors (Lipinski definition) is 2. The lowest BCUT2D eigenvalue weighted by Crippen LogP contribution is -2.09. The molecule has 1 nitrogen and oxygen atoms in total. The van der Waals surface area contributed by atoms with Crippen LogP contribution in [0.15, 0.2) is 25.3 Å². The second-order valence-electron chi connectivity index (χ2n) is 6.29. The van der Waals surface area contributed by atoms with E-state index in [0.29, 0.717) is 5.92 Å². The Hall–Kier alpha value is -0.0400. The molecule has 25 heavy (non-hydrogen) atoms. The Balaban J connectivity index is -0.000000152. The van der Waals surface area contributed by atoms with Crippen LogP contribution in [0.3, 0.4) is 0 Å².